The molecule has 1 aliphatic heterocycles. The Hall–Kier alpha value is -1.62. The molecule has 90 valence electrons. The summed E-state index contributed by atoms with van der Waals surface area (Å²) in [5.41, 5.74) is 3.15. The Morgan fingerprint density at radius 2 is 2.24 bits per heavy atom. The molecule has 0 fully saturated rings. The Morgan fingerprint density at radius 1 is 1.47 bits per heavy atom. The van der Waals surface area contributed by atoms with Crippen molar-refractivity contribution in [3.8, 4) is 0 Å². The van der Waals surface area contributed by atoms with Gasteiger partial charge in [-0.15, -0.1) is 0 Å². The highest BCUT2D eigenvalue weighted by Gasteiger charge is 2.21. The van der Waals surface area contributed by atoms with E-state index in [9.17, 15) is 4.79 Å². The van der Waals surface area contributed by atoms with Crippen molar-refractivity contribution in [2.45, 2.75) is 13.3 Å². The lowest BCUT2D eigenvalue weighted by Crippen LogP contribution is -2.25. The van der Waals surface area contributed by atoms with Gasteiger partial charge in [-0.2, -0.15) is 0 Å². The van der Waals surface area contributed by atoms with Gasteiger partial charge < -0.3 is 15.5 Å². The third-order valence-corrected chi connectivity index (χ3v) is 3.15. The van der Waals surface area contributed by atoms with Crippen LogP contribution in [0.1, 0.15) is 12.5 Å². The molecule has 1 aliphatic rings. The summed E-state index contributed by atoms with van der Waals surface area (Å²) in [5.74, 6) is 0.0928. The standard InChI is InChI=1S/C12H15N3OS/c1-8(16)15-6-5-9-7-10(3-4-11(9)15)14-12(17)13-2/h3-4,7H,5-6H2,1-2H3,(H2,13,14,17). The Balaban J connectivity index is 2.22. The van der Waals surface area contributed by atoms with Crippen molar-refractivity contribution in [1.29, 1.82) is 0 Å². The summed E-state index contributed by atoms with van der Waals surface area (Å²) in [5, 5.41) is 6.54. The quantitative estimate of drug-likeness (QED) is 0.741. The van der Waals surface area contributed by atoms with Crippen LogP contribution in [0.25, 0.3) is 0 Å². The van der Waals surface area contributed by atoms with Crippen LogP contribution in [-0.4, -0.2) is 24.6 Å². The molecule has 0 aromatic heterocycles. The fourth-order valence-electron chi connectivity index (χ4n) is 2.00. The maximum absolute atomic E-state index is 11.4. The highest BCUT2D eigenvalue weighted by Crippen LogP contribution is 2.30. The minimum Gasteiger partial charge on any atom is -0.366 e. The first-order chi connectivity index (χ1) is 8.11. The molecule has 0 unspecified atom stereocenters. The molecular weight excluding hydrogens is 234 g/mol. The molecule has 5 heteroatoms. The van der Waals surface area contributed by atoms with Gasteiger partial charge in [0.2, 0.25) is 5.91 Å². The van der Waals surface area contributed by atoms with E-state index in [1.54, 1.807) is 18.9 Å². The molecular formula is C12H15N3OS. The van der Waals surface area contributed by atoms with Crippen molar-refractivity contribution in [2.24, 2.45) is 0 Å². The molecule has 0 saturated carbocycles. The molecule has 0 spiro atoms. The SMILES string of the molecule is CNC(=S)Nc1ccc2c(c1)CCN2C(C)=O. The summed E-state index contributed by atoms with van der Waals surface area (Å²) < 4.78 is 0. The van der Waals surface area contributed by atoms with E-state index in [0.29, 0.717) is 5.11 Å². The lowest BCUT2D eigenvalue weighted by molar-refractivity contribution is -0.116. The second-order valence-corrected chi connectivity index (χ2v) is 4.38. The topological polar surface area (TPSA) is 44.4 Å². The molecule has 2 N–H and O–H groups in total. The van der Waals surface area contributed by atoms with Crippen LogP contribution in [0.15, 0.2) is 18.2 Å². The molecule has 4 nitrogen and oxygen atoms in total. The second kappa shape index (κ2) is 4.71. The van der Waals surface area contributed by atoms with Gasteiger partial charge in [-0.1, -0.05) is 0 Å². The average molecular weight is 249 g/mol. The molecule has 1 amide bonds. The van der Waals surface area contributed by atoms with E-state index in [1.165, 1.54) is 5.56 Å². The van der Waals surface area contributed by atoms with Gasteiger partial charge in [-0.25, -0.2) is 0 Å². The number of thiocarbonyl (C=S) groups is 1. The number of nitrogens with one attached hydrogen (secondary N) is 2. The smallest absolute Gasteiger partial charge is 0.223 e. The lowest BCUT2D eigenvalue weighted by Gasteiger charge is -2.15. The summed E-state index contributed by atoms with van der Waals surface area (Å²) in [4.78, 5) is 13.2. The van der Waals surface area contributed by atoms with Crippen LogP contribution in [0.4, 0.5) is 11.4 Å². The fourth-order valence-corrected chi connectivity index (χ4v) is 2.12. The highest BCUT2D eigenvalue weighted by molar-refractivity contribution is 7.80. The minimum absolute atomic E-state index is 0.0928. The van der Waals surface area contributed by atoms with Gasteiger partial charge in [0.15, 0.2) is 5.11 Å². The van der Waals surface area contributed by atoms with Crippen molar-refractivity contribution in [1.82, 2.24) is 5.32 Å². The van der Waals surface area contributed by atoms with Crippen LogP contribution in [0.2, 0.25) is 0 Å². The zero-order chi connectivity index (χ0) is 12.4. The molecule has 1 aromatic rings. The van der Waals surface area contributed by atoms with Crippen LogP contribution in [0.5, 0.6) is 0 Å². The van der Waals surface area contributed by atoms with E-state index in [1.807, 2.05) is 18.2 Å². The third-order valence-electron chi connectivity index (χ3n) is 2.84. The molecule has 0 atom stereocenters. The van der Waals surface area contributed by atoms with Crippen molar-refractivity contribution in [3.05, 3.63) is 23.8 Å². The number of amides is 1. The molecule has 0 aliphatic carbocycles. The zero-order valence-electron chi connectivity index (χ0n) is 9.91. The largest absolute Gasteiger partial charge is 0.366 e. The molecule has 0 saturated heterocycles. The second-order valence-electron chi connectivity index (χ2n) is 3.97. The Morgan fingerprint density at radius 3 is 2.88 bits per heavy atom. The summed E-state index contributed by atoms with van der Waals surface area (Å²) in [6.45, 7) is 2.36. The molecule has 17 heavy (non-hydrogen) atoms. The molecule has 2 rings (SSSR count). The van der Waals surface area contributed by atoms with Crippen molar-refractivity contribution >= 4 is 34.6 Å². The van der Waals surface area contributed by atoms with Crippen molar-refractivity contribution < 1.29 is 4.79 Å². The van der Waals surface area contributed by atoms with Gasteiger partial charge in [0.05, 0.1) is 0 Å². The van der Waals surface area contributed by atoms with Crippen LogP contribution in [0.3, 0.4) is 0 Å². The third kappa shape index (κ3) is 2.39. The van der Waals surface area contributed by atoms with Crippen molar-refractivity contribution in [2.75, 3.05) is 23.8 Å². The van der Waals surface area contributed by atoms with Gasteiger partial charge in [-0.3, -0.25) is 4.79 Å². The Kier molecular flexibility index (Phi) is 3.28. The van der Waals surface area contributed by atoms with Crippen LogP contribution < -0.4 is 15.5 Å². The number of carbonyl (C=O) groups is 1. The zero-order valence-corrected chi connectivity index (χ0v) is 10.7. The van der Waals surface area contributed by atoms with Crippen LogP contribution >= 0.6 is 12.2 Å². The van der Waals surface area contributed by atoms with E-state index in [4.69, 9.17) is 12.2 Å². The maximum atomic E-state index is 11.4. The molecule has 0 bridgehead atoms. The number of hydrogen-bond donors (Lipinski definition) is 2. The molecule has 1 aromatic carbocycles. The number of nitrogens with zero attached hydrogens (tertiary/aromatic N) is 1. The summed E-state index contributed by atoms with van der Waals surface area (Å²) in [6, 6.07) is 5.94. The predicted molar refractivity (Wildman–Crippen MR) is 73.5 cm³/mol. The predicted octanol–water partition coefficient (Wildman–Crippen LogP) is 1.51. The number of benzene rings is 1. The van der Waals surface area contributed by atoms with Gasteiger partial charge in [0, 0.05) is 31.9 Å². The lowest BCUT2D eigenvalue weighted by atomic mass is 10.1. The van der Waals surface area contributed by atoms with E-state index in [-0.39, 0.29) is 5.91 Å². The van der Waals surface area contributed by atoms with E-state index < -0.39 is 0 Å². The van der Waals surface area contributed by atoms with E-state index in [0.717, 1.165) is 24.3 Å². The first-order valence-electron chi connectivity index (χ1n) is 5.51. The Labute approximate surface area is 106 Å². The van der Waals surface area contributed by atoms with E-state index >= 15 is 0 Å². The number of rotatable bonds is 1. The summed E-state index contributed by atoms with van der Waals surface area (Å²) >= 11 is 5.04. The van der Waals surface area contributed by atoms with Gasteiger partial charge in [0.1, 0.15) is 0 Å². The normalized spacial score (nSPS) is 13.2. The first kappa shape index (κ1) is 11.9. The minimum atomic E-state index is 0.0928. The molecule has 1 heterocycles. The van der Waals surface area contributed by atoms with Gasteiger partial charge in [-0.05, 0) is 42.4 Å². The first-order valence-corrected chi connectivity index (χ1v) is 5.92. The number of fused-ring (bicyclic) bond motifs is 1. The van der Waals surface area contributed by atoms with Crippen LogP contribution in [-0.2, 0) is 11.2 Å². The number of hydrogen-bond acceptors (Lipinski definition) is 2. The fraction of sp³-hybridized carbons (Fsp3) is 0.333. The van der Waals surface area contributed by atoms with E-state index in [2.05, 4.69) is 10.6 Å². The summed E-state index contributed by atoms with van der Waals surface area (Å²) in [6.07, 6.45) is 0.900. The summed E-state index contributed by atoms with van der Waals surface area (Å²) in [7, 11) is 1.78. The van der Waals surface area contributed by atoms with Crippen molar-refractivity contribution in [3.63, 3.8) is 0 Å². The number of anilines is 2. The number of carbonyl (C=O) groups excluding carboxylic acids is 1. The average Bonchev–Trinajstić information content (AvgIpc) is 2.71. The molecule has 0 radical (unpaired) electrons. The Bertz CT molecular complexity index is 473. The highest BCUT2D eigenvalue weighted by atomic mass is 32.1. The van der Waals surface area contributed by atoms with Gasteiger partial charge >= 0.3 is 0 Å². The van der Waals surface area contributed by atoms with Crippen LogP contribution in [0, 0.1) is 0 Å². The maximum Gasteiger partial charge on any atom is 0.223 e. The van der Waals surface area contributed by atoms with Gasteiger partial charge in [0.25, 0.3) is 0 Å². The monoisotopic (exact) mass is 249 g/mol.